The van der Waals surface area contributed by atoms with Gasteiger partial charge in [0.1, 0.15) is 19.3 Å². The number of nitrogens with zero attached hydrogens (tertiary/aromatic N) is 1. The van der Waals surface area contributed by atoms with Gasteiger partial charge in [-0.2, -0.15) is 22.7 Å². The third-order valence-electron chi connectivity index (χ3n) is 3.95. The molecule has 0 aliphatic rings. The number of aliphatic hydroxyl groups excluding tert-OH is 1. The molecule has 0 bridgehead atoms. The van der Waals surface area contributed by atoms with Crippen LogP contribution in [0, 0.1) is 17.7 Å². The van der Waals surface area contributed by atoms with Gasteiger partial charge < -0.3 is 19.6 Å². The van der Waals surface area contributed by atoms with Crippen LogP contribution in [0.5, 0.6) is 0 Å². The van der Waals surface area contributed by atoms with Gasteiger partial charge >= 0.3 is 5.97 Å². The number of carbonyl (C=O) groups excluding carboxylic acids is 1. The Hall–Kier alpha value is -2.91. The average molecular weight is 679 g/mol. The van der Waals surface area contributed by atoms with E-state index >= 15 is 0 Å². The van der Waals surface area contributed by atoms with Crippen molar-refractivity contribution in [3.05, 3.63) is 111 Å². The molecule has 3 heterocycles. The number of ether oxygens (including phenoxy) is 2. The summed E-state index contributed by atoms with van der Waals surface area (Å²) in [5.41, 5.74) is 2.50. The average Bonchev–Trinajstić information content (AvgIpc) is 3.52. The summed E-state index contributed by atoms with van der Waals surface area (Å²) in [7, 11) is 0. The van der Waals surface area contributed by atoms with Crippen molar-refractivity contribution in [2.75, 3.05) is 0 Å². The van der Waals surface area contributed by atoms with E-state index < -0.39 is 23.5 Å². The van der Waals surface area contributed by atoms with Crippen LogP contribution in [0.4, 0.5) is 8.78 Å². The Balaban J connectivity index is 0.000000243. The zero-order valence-corrected chi connectivity index (χ0v) is 21.5. The molecule has 34 heavy (non-hydrogen) atoms. The van der Waals surface area contributed by atoms with E-state index in [9.17, 15) is 18.7 Å². The van der Waals surface area contributed by atoms with Crippen LogP contribution < -0.4 is 0 Å². The Labute approximate surface area is 216 Å². The predicted octanol–water partition coefficient (Wildman–Crippen LogP) is 6.29. The maximum Gasteiger partial charge on any atom is 0.338 e. The Bertz CT molecular complexity index is 1170. The number of pyridine rings is 1. The molecular weight excluding hydrogens is 661 g/mol. The van der Waals surface area contributed by atoms with Gasteiger partial charge in [0.25, 0.3) is 5.95 Å². The van der Waals surface area contributed by atoms with E-state index in [-0.39, 0.29) is 38.9 Å². The fourth-order valence-corrected chi connectivity index (χ4v) is 3.70. The summed E-state index contributed by atoms with van der Waals surface area (Å²) in [6.07, 6.45) is 2.48. The Kier molecular flexibility index (Phi) is 11.6. The molecular formula is C24H18F2IrNO4S2-. The zero-order chi connectivity index (χ0) is 23.5. The van der Waals surface area contributed by atoms with E-state index in [0.717, 1.165) is 29.3 Å². The second kappa shape index (κ2) is 14.4. The molecule has 0 aliphatic heterocycles. The minimum Gasteiger partial charge on any atom is -0.481 e. The third-order valence-corrected chi connectivity index (χ3v) is 5.41. The number of hydrogen-bond acceptors (Lipinski definition) is 7. The molecule has 0 aliphatic carbocycles. The summed E-state index contributed by atoms with van der Waals surface area (Å²) in [5, 5.41) is 17.0. The molecule has 0 saturated heterocycles. The van der Waals surface area contributed by atoms with Gasteiger partial charge in [0.05, 0.1) is 0 Å². The van der Waals surface area contributed by atoms with Crippen LogP contribution in [-0.2, 0) is 47.6 Å². The van der Waals surface area contributed by atoms with Crippen molar-refractivity contribution in [2.24, 2.45) is 0 Å². The number of rotatable bonds is 7. The smallest absolute Gasteiger partial charge is 0.338 e. The summed E-state index contributed by atoms with van der Waals surface area (Å²) in [6, 6.07) is 13.3. The third kappa shape index (κ3) is 9.15. The monoisotopic (exact) mass is 679 g/mol. The number of esters is 1. The number of halogens is 2. The first kappa shape index (κ1) is 27.3. The van der Waals surface area contributed by atoms with E-state index in [1.165, 1.54) is 11.3 Å². The topological polar surface area (TPSA) is 68.7 Å². The minimum absolute atomic E-state index is 0. The van der Waals surface area contributed by atoms with Crippen LogP contribution in [0.2, 0.25) is 0 Å². The number of carbonyl (C=O) groups is 1. The number of thiophene rings is 2. The summed E-state index contributed by atoms with van der Waals surface area (Å²) in [4.78, 5) is 15.3. The van der Waals surface area contributed by atoms with Crippen molar-refractivity contribution in [3.63, 3.8) is 0 Å². The molecule has 1 aromatic carbocycles. The van der Waals surface area contributed by atoms with Crippen LogP contribution in [0.3, 0.4) is 0 Å². The molecule has 4 rings (SSSR count). The van der Waals surface area contributed by atoms with Crippen molar-refractivity contribution >= 4 is 28.6 Å². The minimum atomic E-state index is -0.649. The van der Waals surface area contributed by atoms with Gasteiger partial charge in [0.15, 0.2) is 0 Å². The molecule has 5 nitrogen and oxygen atoms in total. The van der Waals surface area contributed by atoms with Crippen LogP contribution in [-0.4, -0.2) is 16.1 Å². The largest absolute Gasteiger partial charge is 0.481 e. The first-order valence-corrected chi connectivity index (χ1v) is 11.4. The van der Waals surface area contributed by atoms with Crippen LogP contribution in [0.15, 0.2) is 82.2 Å². The van der Waals surface area contributed by atoms with E-state index in [0.29, 0.717) is 5.69 Å². The fourth-order valence-electron chi connectivity index (χ4n) is 2.40. The quantitative estimate of drug-likeness (QED) is 0.108. The summed E-state index contributed by atoms with van der Waals surface area (Å²) in [6.45, 7) is 0.417. The van der Waals surface area contributed by atoms with Gasteiger partial charge in [-0.1, -0.05) is 23.8 Å². The normalized spacial score (nSPS) is 10.5. The summed E-state index contributed by atoms with van der Waals surface area (Å²) < 4.78 is 35.8. The standard InChI is InChI=1S/C13H12O4S2.C11H6F2N.Ir/c14-12(16-6-10-1-3-18-8-10)5-13(15)17-7-11-2-4-19-9-11;12-8-4-5-9(10(13)7-8)11-3-1-2-6-14-11;/h1-5,8-9,14H,6-7H2;1-4,6-7H;/q;-1;/b12-5+;;. The van der Waals surface area contributed by atoms with E-state index in [4.69, 9.17) is 9.47 Å². The van der Waals surface area contributed by atoms with Crippen molar-refractivity contribution < 1.29 is 48.3 Å². The van der Waals surface area contributed by atoms with E-state index in [2.05, 4.69) is 11.1 Å². The molecule has 1 N–H and O–H groups in total. The summed E-state index contributed by atoms with van der Waals surface area (Å²) in [5.74, 6) is -2.36. The molecule has 179 valence electrons. The van der Waals surface area contributed by atoms with Gasteiger partial charge in [-0.25, -0.2) is 4.79 Å². The van der Waals surface area contributed by atoms with Crippen molar-refractivity contribution in [1.29, 1.82) is 0 Å². The first-order valence-electron chi connectivity index (χ1n) is 9.52. The van der Waals surface area contributed by atoms with Crippen molar-refractivity contribution in [2.45, 2.75) is 13.2 Å². The SMILES string of the molecule is Fc1c[c-]c(-c2ccccn2)c(F)c1.O=C(/C=C(\O)OCc1ccsc1)OCc1ccsc1.[Ir]. The molecule has 3 aromatic heterocycles. The molecule has 0 amide bonds. The maximum atomic E-state index is 13.2. The first-order chi connectivity index (χ1) is 16.0. The number of aromatic nitrogens is 1. The van der Waals surface area contributed by atoms with Crippen molar-refractivity contribution in [3.8, 4) is 11.3 Å². The van der Waals surface area contributed by atoms with Gasteiger partial charge in [0.2, 0.25) is 0 Å². The Morgan fingerprint density at radius 1 is 1.06 bits per heavy atom. The Morgan fingerprint density at radius 3 is 2.29 bits per heavy atom. The van der Waals surface area contributed by atoms with E-state index in [1.807, 2.05) is 33.7 Å². The predicted molar refractivity (Wildman–Crippen MR) is 122 cm³/mol. The molecule has 0 fully saturated rings. The maximum absolute atomic E-state index is 13.2. The van der Waals surface area contributed by atoms with Gasteiger partial charge in [-0.3, -0.25) is 8.78 Å². The molecule has 0 saturated carbocycles. The van der Waals surface area contributed by atoms with Crippen LogP contribution in [0.25, 0.3) is 11.3 Å². The van der Waals surface area contributed by atoms with Gasteiger partial charge in [0, 0.05) is 49.1 Å². The Morgan fingerprint density at radius 2 is 1.74 bits per heavy atom. The summed E-state index contributed by atoms with van der Waals surface area (Å²) >= 11 is 3.07. The molecule has 10 heteroatoms. The zero-order valence-electron chi connectivity index (χ0n) is 17.4. The fraction of sp³-hybridized carbons (Fsp3) is 0.0833. The van der Waals surface area contributed by atoms with Gasteiger partial charge in [-0.15, -0.1) is 12.1 Å². The van der Waals surface area contributed by atoms with Crippen molar-refractivity contribution in [1.82, 2.24) is 4.98 Å². The van der Waals surface area contributed by atoms with E-state index in [1.54, 1.807) is 35.7 Å². The van der Waals surface area contributed by atoms with Gasteiger partial charge in [-0.05, 0) is 45.4 Å². The van der Waals surface area contributed by atoms with Crippen LogP contribution >= 0.6 is 22.7 Å². The molecule has 0 atom stereocenters. The molecule has 0 spiro atoms. The second-order valence-corrected chi connectivity index (χ2v) is 7.96. The molecule has 4 aromatic rings. The number of hydrogen-bond donors (Lipinski definition) is 1. The second-order valence-electron chi connectivity index (χ2n) is 6.40. The molecule has 0 unspecified atom stereocenters. The number of benzene rings is 1. The number of aliphatic hydroxyl groups is 1. The molecule has 1 radical (unpaired) electrons. The van der Waals surface area contributed by atoms with Crippen LogP contribution in [0.1, 0.15) is 11.1 Å².